The van der Waals surface area contributed by atoms with Crippen LogP contribution in [0, 0.1) is 10.1 Å². The Labute approximate surface area is 129 Å². The minimum absolute atomic E-state index is 0. The van der Waals surface area contributed by atoms with Crippen LogP contribution in [-0.2, 0) is 0 Å². The number of halogens is 1. The topological polar surface area (TPSA) is 123 Å². The normalized spacial score (nSPS) is 9.24. The molecule has 0 aromatic heterocycles. The Bertz CT molecular complexity index is 503. The first-order valence-electron chi connectivity index (χ1n) is 3.75. The molecule has 0 heterocycles. The fourth-order valence-electron chi connectivity index (χ4n) is 1.12. The Morgan fingerprint density at radius 3 is 2.06 bits per heavy atom. The van der Waals surface area contributed by atoms with Gasteiger partial charge in [0.1, 0.15) is 5.02 Å². The van der Waals surface area contributed by atoms with Gasteiger partial charge in [-0.3, -0.25) is 10.1 Å². The number of rotatable bonds is 3. The molecule has 1 aromatic rings. The molecule has 0 unspecified atom stereocenters. The third-order valence-corrected chi connectivity index (χ3v) is 2.04. The molecule has 0 saturated heterocycles. The van der Waals surface area contributed by atoms with Crippen molar-refractivity contribution in [3.05, 3.63) is 38.4 Å². The van der Waals surface area contributed by atoms with Crippen molar-refractivity contribution in [3.8, 4) is 0 Å². The molecule has 0 saturated carbocycles. The molecule has 0 amide bonds. The van der Waals surface area contributed by atoms with Crippen molar-refractivity contribution in [2.45, 2.75) is 0 Å². The Morgan fingerprint density at radius 1 is 1.18 bits per heavy atom. The van der Waals surface area contributed by atoms with Crippen LogP contribution >= 0.6 is 11.6 Å². The van der Waals surface area contributed by atoms with Gasteiger partial charge in [-0.05, 0) is 6.07 Å². The van der Waals surface area contributed by atoms with E-state index >= 15 is 0 Å². The molecule has 0 bridgehead atoms. The van der Waals surface area contributed by atoms with Gasteiger partial charge in [-0.1, -0.05) is 17.7 Å². The predicted octanol–water partition coefficient (Wildman–Crippen LogP) is -1.41. The number of nitro groups is 1. The Kier molecular flexibility index (Phi) is 5.83. The predicted molar refractivity (Wildman–Crippen MR) is 52.5 cm³/mol. The molecule has 9 heteroatoms. The summed E-state index contributed by atoms with van der Waals surface area (Å²) in [5.74, 6) is -3.87. The van der Waals surface area contributed by atoms with Gasteiger partial charge in [0, 0.05) is 5.56 Å². The quantitative estimate of drug-likeness (QED) is 0.381. The summed E-state index contributed by atoms with van der Waals surface area (Å²) >= 11 is 5.40. The molecule has 0 spiro atoms. The van der Waals surface area contributed by atoms with E-state index in [9.17, 15) is 29.9 Å². The average molecular weight is 284 g/mol. The van der Waals surface area contributed by atoms with Gasteiger partial charge < -0.3 is 19.8 Å². The molecular weight excluding hydrogens is 282 g/mol. The molecule has 0 radical (unpaired) electrons. The van der Waals surface area contributed by atoms with Gasteiger partial charge in [0.15, 0.2) is 0 Å². The molecule has 1 rings (SSSR count). The zero-order valence-corrected chi connectivity index (χ0v) is 11.1. The van der Waals surface area contributed by atoms with Gasteiger partial charge >= 0.3 is 37.7 Å². The standard InChI is InChI=1S/C8H4ClNO6.Ca/c9-4-2-1-3(7(11)12)5(8(13)14)6(4)10(15)16;/h1-2H,(H,11,12)(H,13,14);/q;+2/p-2. The van der Waals surface area contributed by atoms with Crippen LogP contribution in [0.5, 0.6) is 0 Å². The van der Waals surface area contributed by atoms with E-state index in [1.807, 2.05) is 0 Å². The minimum atomic E-state index is -2.01. The number of carboxylic acids is 2. The summed E-state index contributed by atoms with van der Waals surface area (Å²) in [6, 6.07) is 1.70. The van der Waals surface area contributed by atoms with Gasteiger partial charge in [-0.25, -0.2) is 0 Å². The average Bonchev–Trinajstić information content (AvgIpc) is 2.15. The maximum atomic E-state index is 10.6. The largest absolute Gasteiger partial charge is 2.00 e. The number of carbonyl (C=O) groups excluding carboxylic acids is 2. The number of nitro benzene ring substituents is 1. The van der Waals surface area contributed by atoms with E-state index in [2.05, 4.69) is 0 Å². The second-order valence-electron chi connectivity index (χ2n) is 2.65. The number of nitrogens with zero attached hydrogens (tertiary/aromatic N) is 1. The second kappa shape index (κ2) is 6.15. The van der Waals surface area contributed by atoms with Crippen LogP contribution in [0.25, 0.3) is 0 Å². The third kappa shape index (κ3) is 3.29. The first kappa shape index (κ1) is 16.1. The number of carboxylic acid groups (broad SMARTS) is 2. The van der Waals surface area contributed by atoms with Gasteiger partial charge in [-0.15, -0.1) is 0 Å². The smallest absolute Gasteiger partial charge is 0.545 e. The molecule has 0 N–H and O–H groups in total. The fourth-order valence-corrected chi connectivity index (χ4v) is 1.35. The van der Waals surface area contributed by atoms with E-state index in [-0.39, 0.29) is 37.7 Å². The zero-order valence-electron chi connectivity index (χ0n) is 8.14. The van der Waals surface area contributed by atoms with E-state index in [0.717, 1.165) is 12.1 Å². The number of hydrogen-bond donors (Lipinski definition) is 0. The van der Waals surface area contributed by atoms with Crippen molar-refractivity contribution < 1.29 is 24.7 Å². The van der Waals surface area contributed by atoms with Gasteiger partial charge in [0.05, 0.1) is 22.4 Å². The van der Waals surface area contributed by atoms with Crippen molar-refractivity contribution >= 4 is 67.0 Å². The van der Waals surface area contributed by atoms with Crippen molar-refractivity contribution in [2.75, 3.05) is 0 Å². The van der Waals surface area contributed by atoms with E-state index in [1.54, 1.807) is 0 Å². The summed E-state index contributed by atoms with van der Waals surface area (Å²) in [6.45, 7) is 0. The van der Waals surface area contributed by atoms with Crippen LogP contribution in [0.15, 0.2) is 12.1 Å². The van der Waals surface area contributed by atoms with Crippen LogP contribution in [0.4, 0.5) is 5.69 Å². The number of carbonyl (C=O) groups is 2. The van der Waals surface area contributed by atoms with Crippen LogP contribution in [0.2, 0.25) is 5.02 Å². The van der Waals surface area contributed by atoms with Crippen LogP contribution < -0.4 is 10.2 Å². The minimum Gasteiger partial charge on any atom is -0.545 e. The third-order valence-electron chi connectivity index (χ3n) is 1.74. The van der Waals surface area contributed by atoms with E-state index in [4.69, 9.17) is 11.6 Å². The maximum Gasteiger partial charge on any atom is 2.00 e. The van der Waals surface area contributed by atoms with E-state index in [1.165, 1.54) is 0 Å². The molecule has 0 aliphatic rings. The summed E-state index contributed by atoms with van der Waals surface area (Å²) < 4.78 is 0. The second-order valence-corrected chi connectivity index (χ2v) is 3.06. The number of hydrogen-bond acceptors (Lipinski definition) is 6. The molecule has 0 aliphatic carbocycles. The summed E-state index contributed by atoms with van der Waals surface area (Å²) in [5, 5.41) is 31.2. The van der Waals surface area contributed by atoms with Crippen LogP contribution in [0.1, 0.15) is 20.7 Å². The van der Waals surface area contributed by atoms with Gasteiger partial charge in [-0.2, -0.15) is 0 Å². The fraction of sp³-hybridized carbons (Fsp3) is 0. The molecule has 7 nitrogen and oxygen atoms in total. The summed E-state index contributed by atoms with van der Waals surface area (Å²) in [6.07, 6.45) is 0. The van der Waals surface area contributed by atoms with E-state index < -0.39 is 38.7 Å². The SMILES string of the molecule is O=C([O-])c1ccc(Cl)c([N+](=O)[O-])c1C(=O)[O-].[Ca+2]. The van der Waals surface area contributed by atoms with E-state index in [0.29, 0.717) is 0 Å². The summed E-state index contributed by atoms with van der Waals surface area (Å²) in [4.78, 5) is 30.6. The van der Waals surface area contributed by atoms with Crippen molar-refractivity contribution in [2.24, 2.45) is 0 Å². The molecule has 0 aliphatic heterocycles. The van der Waals surface area contributed by atoms with Crippen LogP contribution in [0.3, 0.4) is 0 Å². The van der Waals surface area contributed by atoms with Crippen molar-refractivity contribution in [1.82, 2.24) is 0 Å². The first-order valence-corrected chi connectivity index (χ1v) is 4.13. The molecule has 0 atom stereocenters. The summed E-state index contributed by atoms with van der Waals surface area (Å²) in [5.41, 5.74) is -2.98. The van der Waals surface area contributed by atoms with Crippen LogP contribution in [-0.4, -0.2) is 54.6 Å². The Balaban J connectivity index is 0.00000256. The Morgan fingerprint density at radius 2 is 1.71 bits per heavy atom. The number of aromatic carboxylic acids is 2. The molecule has 1 aromatic carbocycles. The molecule has 0 fully saturated rings. The number of benzene rings is 1. The molecule has 17 heavy (non-hydrogen) atoms. The molecular formula is C8H2CaClNO6. The zero-order chi connectivity index (χ0) is 12.5. The van der Waals surface area contributed by atoms with Gasteiger partial charge in [0.2, 0.25) is 0 Å². The first-order chi connectivity index (χ1) is 7.36. The van der Waals surface area contributed by atoms with Gasteiger partial charge in [0.25, 0.3) is 5.69 Å². The molecule has 84 valence electrons. The summed E-state index contributed by atoms with van der Waals surface area (Å²) in [7, 11) is 0. The Hall–Kier alpha value is -0.890. The van der Waals surface area contributed by atoms with Crippen molar-refractivity contribution in [1.29, 1.82) is 0 Å². The van der Waals surface area contributed by atoms with Crippen molar-refractivity contribution in [3.63, 3.8) is 0 Å². The maximum absolute atomic E-state index is 10.6. The monoisotopic (exact) mass is 283 g/mol.